The molecule has 0 aliphatic heterocycles. The van der Waals surface area contributed by atoms with Crippen molar-refractivity contribution in [1.29, 1.82) is 0 Å². The molecule has 1 rings (SSSR count). The minimum Gasteiger partial charge on any atom is -0.481 e. The quantitative estimate of drug-likeness (QED) is 0.705. The predicted molar refractivity (Wildman–Crippen MR) is 69.4 cm³/mol. The van der Waals surface area contributed by atoms with Gasteiger partial charge in [-0.05, 0) is 18.8 Å². The highest BCUT2D eigenvalue weighted by Crippen LogP contribution is 2.17. The summed E-state index contributed by atoms with van der Waals surface area (Å²) in [5, 5.41) is 14.5. The molecule has 2 amide bonds. The van der Waals surface area contributed by atoms with Crippen molar-refractivity contribution in [2.24, 2.45) is 5.92 Å². The molecule has 18 heavy (non-hydrogen) atoms. The van der Waals surface area contributed by atoms with E-state index in [0.29, 0.717) is 0 Å². The summed E-state index contributed by atoms with van der Waals surface area (Å²) in [6.45, 7) is 3.82. The lowest BCUT2D eigenvalue weighted by atomic mass is 9.95. The average Bonchev–Trinajstić information content (AvgIpc) is 2.28. The van der Waals surface area contributed by atoms with E-state index in [4.69, 9.17) is 5.11 Å². The minimum atomic E-state index is -0.883. The van der Waals surface area contributed by atoms with Gasteiger partial charge in [0.2, 0.25) is 0 Å². The van der Waals surface area contributed by atoms with Gasteiger partial charge in [-0.25, -0.2) is 4.79 Å². The minimum absolute atomic E-state index is 0.0320. The fourth-order valence-electron chi connectivity index (χ4n) is 2.28. The summed E-state index contributed by atoms with van der Waals surface area (Å²) in [6, 6.07) is -0.302. The zero-order chi connectivity index (χ0) is 13.5. The number of hydrogen-bond acceptors (Lipinski definition) is 2. The number of nitrogens with one attached hydrogen (secondary N) is 2. The van der Waals surface area contributed by atoms with E-state index in [2.05, 4.69) is 10.6 Å². The molecule has 1 unspecified atom stereocenters. The van der Waals surface area contributed by atoms with E-state index < -0.39 is 5.97 Å². The molecule has 0 radical (unpaired) electrons. The Labute approximate surface area is 108 Å². The van der Waals surface area contributed by atoms with E-state index in [1.165, 1.54) is 6.42 Å². The fraction of sp³-hybridized carbons (Fsp3) is 0.846. The summed E-state index contributed by atoms with van der Waals surface area (Å²) in [5.74, 6) is -0.773. The van der Waals surface area contributed by atoms with Gasteiger partial charge in [-0.3, -0.25) is 4.79 Å². The second-order valence-corrected chi connectivity index (χ2v) is 5.40. The van der Waals surface area contributed by atoms with Gasteiger partial charge >= 0.3 is 12.0 Å². The molecule has 3 N–H and O–H groups in total. The van der Waals surface area contributed by atoms with Crippen LogP contribution in [0, 0.1) is 5.92 Å². The third-order valence-corrected chi connectivity index (χ3v) is 3.46. The van der Waals surface area contributed by atoms with Crippen LogP contribution in [-0.4, -0.2) is 29.2 Å². The van der Waals surface area contributed by atoms with Crippen molar-refractivity contribution in [1.82, 2.24) is 10.6 Å². The zero-order valence-corrected chi connectivity index (χ0v) is 11.2. The molecule has 5 nitrogen and oxygen atoms in total. The van der Waals surface area contributed by atoms with Gasteiger partial charge in [0.15, 0.2) is 0 Å². The number of urea groups is 1. The van der Waals surface area contributed by atoms with Crippen molar-refractivity contribution in [3.8, 4) is 0 Å². The van der Waals surface area contributed by atoms with E-state index in [0.717, 1.165) is 25.7 Å². The monoisotopic (exact) mass is 256 g/mol. The van der Waals surface area contributed by atoms with Gasteiger partial charge in [-0.15, -0.1) is 0 Å². The van der Waals surface area contributed by atoms with Gasteiger partial charge in [-0.2, -0.15) is 0 Å². The molecule has 0 aromatic rings. The molecule has 1 saturated carbocycles. The predicted octanol–water partition coefficient (Wildman–Crippen LogP) is 2.12. The fourth-order valence-corrected chi connectivity index (χ4v) is 2.28. The highest BCUT2D eigenvalue weighted by Gasteiger charge is 2.21. The van der Waals surface area contributed by atoms with Crippen LogP contribution in [0.25, 0.3) is 0 Å². The molecule has 104 valence electrons. The molecule has 0 aromatic heterocycles. The number of carboxylic acid groups (broad SMARTS) is 1. The Morgan fingerprint density at radius 2 is 1.83 bits per heavy atom. The van der Waals surface area contributed by atoms with Crippen LogP contribution in [0.1, 0.15) is 52.4 Å². The lowest BCUT2D eigenvalue weighted by molar-refractivity contribution is -0.137. The van der Waals surface area contributed by atoms with E-state index >= 15 is 0 Å². The number of carbonyl (C=O) groups excluding carboxylic acids is 1. The summed E-state index contributed by atoms with van der Waals surface area (Å²) in [5.41, 5.74) is 0. The van der Waals surface area contributed by atoms with Gasteiger partial charge in [0, 0.05) is 12.1 Å². The van der Waals surface area contributed by atoms with Crippen molar-refractivity contribution in [2.75, 3.05) is 0 Å². The summed E-state index contributed by atoms with van der Waals surface area (Å²) in [6.07, 6.45) is 5.59. The Bertz CT molecular complexity index is 286. The lowest BCUT2D eigenvalue weighted by Gasteiger charge is -2.26. The number of carboxylic acids is 1. The second kappa shape index (κ2) is 7.24. The molecule has 0 saturated heterocycles. The molecular formula is C13H24N2O3. The number of amides is 2. The first kappa shape index (κ1) is 14.8. The van der Waals surface area contributed by atoms with Gasteiger partial charge in [0.1, 0.15) is 0 Å². The van der Waals surface area contributed by atoms with Crippen molar-refractivity contribution < 1.29 is 14.7 Å². The summed E-state index contributed by atoms with van der Waals surface area (Å²) < 4.78 is 0. The average molecular weight is 256 g/mol. The second-order valence-electron chi connectivity index (χ2n) is 5.40. The van der Waals surface area contributed by atoms with E-state index in [-0.39, 0.29) is 30.5 Å². The van der Waals surface area contributed by atoms with Crippen LogP contribution in [0.3, 0.4) is 0 Å². The summed E-state index contributed by atoms with van der Waals surface area (Å²) in [7, 11) is 0. The highest BCUT2D eigenvalue weighted by molar-refractivity contribution is 5.76. The van der Waals surface area contributed by atoms with Crippen LogP contribution >= 0.6 is 0 Å². The highest BCUT2D eigenvalue weighted by atomic mass is 16.4. The lowest BCUT2D eigenvalue weighted by Crippen LogP contribution is -2.49. The maximum Gasteiger partial charge on any atom is 0.315 e. The van der Waals surface area contributed by atoms with Gasteiger partial charge in [0.25, 0.3) is 0 Å². The Hall–Kier alpha value is -1.26. The molecule has 0 bridgehead atoms. The molecule has 1 fully saturated rings. The van der Waals surface area contributed by atoms with Crippen LogP contribution < -0.4 is 10.6 Å². The topological polar surface area (TPSA) is 78.4 Å². The van der Waals surface area contributed by atoms with Crippen molar-refractivity contribution in [3.05, 3.63) is 0 Å². The molecule has 5 heteroatoms. The molecule has 0 spiro atoms. The van der Waals surface area contributed by atoms with Gasteiger partial charge in [0.05, 0.1) is 6.42 Å². The Balaban J connectivity index is 2.37. The molecule has 1 aliphatic carbocycles. The summed E-state index contributed by atoms with van der Waals surface area (Å²) >= 11 is 0. The van der Waals surface area contributed by atoms with Crippen LogP contribution in [-0.2, 0) is 4.79 Å². The molecule has 1 aliphatic rings. The van der Waals surface area contributed by atoms with E-state index in [1.807, 2.05) is 13.8 Å². The van der Waals surface area contributed by atoms with Crippen LogP contribution in [0.4, 0.5) is 4.79 Å². The first-order valence-electron chi connectivity index (χ1n) is 6.78. The third-order valence-electron chi connectivity index (χ3n) is 3.46. The van der Waals surface area contributed by atoms with Crippen LogP contribution in [0.5, 0.6) is 0 Å². The molecular weight excluding hydrogens is 232 g/mol. The Morgan fingerprint density at radius 1 is 1.22 bits per heavy atom. The number of hydrogen-bond donors (Lipinski definition) is 3. The van der Waals surface area contributed by atoms with Gasteiger partial charge < -0.3 is 15.7 Å². The standard InChI is InChI=1S/C13H24N2O3/c1-9(2)11(8-12(16)17)15-13(18)14-10-6-4-3-5-7-10/h9-11H,3-8H2,1-2H3,(H,16,17)(H2,14,15,18). The van der Waals surface area contributed by atoms with Crippen LogP contribution in [0.2, 0.25) is 0 Å². The van der Waals surface area contributed by atoms with E-state index in [1.54, 1.807) is 0 Å². The first-order valence-corrected chi connectivity index (χ1v) is 6.78. The normalized spacial score (nSPS) is 18.4. The molecule has 1 atom stereocenters. The number of aliphatic carboxylic acids is 1. The largest absolute Gasteiger partial charge is 0.481 e. The SMILES string of the molecule is CC(C)C(CC(=O)O)NC(=O)NC1CCCCC1. The summed E-state index contributed by atoms with van der Waals surface area (Å²) in [4.78, 5) is 22.5. The van der Waals surface area contributed by atoms with Crippen molar-refractivity contribution >= 4 is 12.0 Å². The maximum atomic E-state index is 11.8. The Kier molecular flexibility index (Phi) is 5.95. The van der Waals surface area contributed by atoms with Crippen molar-refractivity contribution in [3.63, 3.8) is 0 Å². The Morgan fingerprint density at radius 3 is 2.33 bits per heavy atom. The van der Waals surface area contributed by atoms with E-state index in [9.17, 15) is 9.59 Å². The maximum absolute atomic E-state index is 11.8. The molecule has 0 heterocycles. The third kappa shape index (κ3) is 5.38. The molecule has 0 aromatic carbocycles. The van der Waals surface area contributed by atoms with Gasteiger partial charge in [-0.1, -0.05) is 33.1 Å². The smallest absolute Gasteiger partial charge is 0.315 e. The zero-order valence-electron chi connectivity index (χ0n) is 11.2. The first-order chi connectivity index (χ1) is 8.49. The number of carbonyl (C=O) groups is 2. The van der Waals surface area contributed by atoms with Crippen molar-refractivity contribution in [2.45, 2.75) is 64.5 Å². The van der Waals surface area contributed by atoms with Crippen LogP contribution in [0.15, 0.2) is 0 Å². The number of rotatable bonds is 5.